The van der Waals surface area contributed by atoms with Crippen LogP contribution in [0.15, 0.2) is 27.8 Å². The van der Waals surface area contributed by atoms with E-state index in [4.69, 9.17) is 4.74 Å². The third-order valence-electron chi connectivity index (χ3n) is 3.26. The van der Waals surface area contributed by atoms with Crippen LogP contribution in [0.25, 0.3) is 10.9 Å². The molecule has 0 radical (unpaired) electrons. The zero-order valence-corrected chi connectivity index (χ0v) is 9.90. The van der Waals surface area contributed by atoms with Gasteiger partial charge in [0.1, 0.15) is 5.75 Å². The molecule has 94 valence electrons. The fraction of sp³-hybridized carbons (Fsp3) is 0.333. The fourth-order valence-corrected chi connectivity index (χ4v) is 2.13. The van der Waals surface area contributed by atoms with Crippen molar-refractivity contribution in [3.05, 3.63) is 39.0 Å². The number of aromatic nitrogens is 2. The van der Waals surface area contributed by atoms with E-state index in [1.54, 1.807) is 25.3 Å². The molecule has 0 amide bonds. The Bertz CT molecular complexity index is 713. The van der Waals surface area contributed by atoms with Gasteiger partial charge < -0.3 is 15.0 Å². The van der Waals surface area contributed by atoms with E-state index in [0.717, 1.165) is 0 Å². The molecule has 0 bridgehead atoms. The predicted octanol–water partition coefficient (Wildman–Crippen LogP) is -0.157. The Hall–Kier alpha value is -2.08. The molecule has 3 rings (SSSR count). The number of hydrogen-bond acceptors (Lipinski definition) is 4. The minimum absolute atomic E-state index is 0.0484. The molecule has 0 atom stereocenters. The number of fused-ring (bicyclic) bond motifs is 1. The van der Waals surface area contributed by atoms with E-state index < -0.39 is 0 Å². The fourth-order valence-electron chi connectivity index (χ4n) is 2.13. The van der Waals surface area contributed by atoms with Crippen LogP contribution < -0.4 is 21.3 Å². The lowest BCUT2D eigenvalue weighted by Gasteiger charge is -2.28. The van der Waals surface area contributed by atoms with Crippen molar-refractivity contribution in [2.75, 3.05) is 20.2 Å². The number of hydrogen-bond donors (Lipinski definition) is 2. The van der Waals surface area contributed by atoms with Crippen LogP contribution in [-0.4, -0.2) is 29.8 Å². The van der Waals surface area contributed by atoms with E-state index in [1.807, 2.05) is 0 Å². The molecule has 1 aromatic heterocycles. The Morgan fingerprint density at radius 2 is 2.11 bits per heavy atom. The van der Waals surface area contributed by atoms with Gasteiger partial charge in [-0.3, -0.25) is 9.36 Å². The first-order valence-electron chi connectivity index (χ1n) is 5.74. The zero-order valence-electron chi connectivity index (χ0n) is 9.90. The monoisotopic (exact) mass is 247 g/mol. The quantitative estimate of drug-likeness (QED) is 0.773. The topological polar surface area (TPSA) is 76.1 Å². The molecule has 0 unspecified atom stereocenters. The van der Waals surface area contributed by atoms with Gasteiger partial charge in [-0.2, -0.15) is 0 Å². The van der Waals surface area contributed by atoms with E-state index in [2.05, 4.69) is 10.3 Å². The maximum absolute atomic E-state index is 12.3. The van der Waals surface area contributed by atoms with E-state index in [0.29, 0.717) is 29.7 Å². The highest BCUT2D eigenvalue weighted by molar-refractivity contribution is 5.78. The average molecular weight is 247 g/mol. The summed E-state index contributed by atoms with van der Waals surface area (Å²) in [5.41, 5.74) is -0.108. The number of ether oxygens (including phenoxy) is 1. The molecule has 6 heteroatoms. The highest BCUT2D eigenvalue weighted by atomic mass is 16.5. The van der Waals surface area contributed by atoms with Gasteiger partial charge in [0.05, 0.1) is 24.1 Å². The van der Waals surface area contributed by atoms with E-state index >= 15 is 0 Å². The maximum Gasteiger partial charge on any atom is 0.329 e. The van der Waals surface area contributed by atoms with Crippen molar-refractivity contribution < 1.29 is 4.74 Å². The minimum atomic E-state index is -0.368. The molecule has 2 aromatic rings. The molecule has 1 aliphatic rings. The van der Waals surface area contributed by atoms with Crippen molar-refractivity contribution in [3.8, 4) is 5.75 Å². The summed E-state index contributed by atoms with van der Waals surface area (Å²) < 4.78 is 6.35. The van der Waals surface area contributed by atoms with Crippen LogP contribution in [-0.2, 0) is 0 Å². The van der Waals surface area contributed by atoms with Gasteiger partial charge in [0, 0.05) is 19.2 Å². The SMILES string of the molecule is COc1ccc2c(=O)n(C3CNC3)c(=O)[nH]c2c1. The largest absolute Gasteiger partial charge is 0.497 e. The van der Waals surface area contributed by atoms with Gasteiger partial charge in [0.25, 0.3) is 5.56 Å². The normalized spacial score (nSPS) is 15.6. The van der Waals surface area contributed by atoms with Gasteiger partial charge in [-0.05, 0) is 12.1 Å². The number of H-pyrrole nitrogens is 1. The second kappa shape index (κ2) is 3.99. The van der Waals surface area contributed by atoms with Crippen LogP contribution in [0.5, 0.6) is 5.75 Å². The van der Waals surface area contributed by atoms with Gasteiger partial charge in [0.15, 0.2) is 0 Å². The standard InChI is InChI=1S/C12H13N3O3/c1-18-8-2-3-9-10(4-8)14-12(17)15(11(9)16)7-5-13-6-7/h2-4,7,13H,5-6H2,1H3,(H,14,17). The van der Waals surface area contributed by atoms with Crippen molar-refractivity contribution in [1.82, 2.24) is 14.9 Å². The van der Waals surface area contributed by atoms with Crippen LogP contribution >= 0.6 is 0 Å². The zero-order chi connectivity index (χ0) is 12.7. The van der Waals surface area contributed by atoms with E-state index in [1.165, 1.54) is 4.57 Å². The average Bonchev–Trinajstić information content (AvgIpc) is 2.31. The van der Waals surface area contributed by atoms with Crippen molar-refractivity contribution in [3.63, 3.8) is 0 Å². The lowest BCUT2D eigenvalue weighted by atomic mass is 10.1. The molecule has 1 aromatic carbocycles. The first-order chi connectivity index (χ1) is 8.70. The molecule has 1 fully saturated rings. The number of rotatable bonds is 2. The van der Waals surface area contributed by atoms with Gasteiger partial charge in [-0.25, -0.2) is 4.79 Å². The molecule has 2 N–H and O–H groups in total. The molecule has 1 aliphatic heterocycles. The van der Waals surface area contributed by atoms with E-state index in [-0.39, 0.29) is 17.3 Å². The number of methoxy groups -OCH3 is 1. The third-order valence-corrected chi connectivity index (χ3v) is 3.26. The Balaban J connectivity index is 2.28. The van der Waals surface area contributed by atoms with Gasteiger partial charge >= 0.3 is 5.69 Å². The number of nitrogens with zero attached hydrogens (tertiary/aromatic N) is 1. The highest BCUT2D eigenvalue weighted by Crippen LogP contribution is 2.16. The van der Waals surface area contributed by atoms with Crippen molar-refractivity contribution in [2.45, 2.75) is 6.04 Å². The molecule has 6 nitrogen and oxygen atoms in total. The molecule has 0 spiro atoms. The molecular weight excluding hydrogens is 234 g/mol. The first kappa shape index (κ1) is 11.0. The predicted molar refractivity (Wildman–Crippen MR) is 67.3 cm³/mol. The van der Waals surface area contributed by atoms with Crippen LogP contribution in [0.3, 0.4) is 0 Å². The van der Waals surface area contributed by atoms with Crippen LogP contribution in [0.4, 0.5) is 0 Å². The summed E-state index contributed by atoms with van der Waals surface area (Å²) in [5.74, 6) is 0.612. The number of aromatic amines is 1. The highest BCUT2D eigenvalue weighted by Gasteiger charge is 2.23. The first-order valence-corrected chi connectivity index (χ1v) is 5.74. The lowest BCUT2D eigenvalue weighted by Crippen LogP contribution is -2.51. The Kier molecular flexibility index (Phi) is 2.45. The van der Waals surface area contributed by atoms with Crippen LogP contribution in [0.1, 0.15) is 6.04 Å². The summed E-state index contributed by atoms with van der Waals surface area (Å²) in [6.45, 7) is 1.31. The Morgan fingerprint density at radius 1 is 1.33 bits per heavy atom. The molecule has 18 heavy (non-hydrogen) atoms. The molecule has 1 saturated heterocycles. The maximum atomic E-state index is 12.3. The van der Waals surface area contributed by atoms with E-state index in [9.17, 15) is 9.59 Å². The van der Waals surface area contributed by atoms with Crippen molar-refractivity contribution in [1.29, 1.82) is 0 Å². The number of benzene rings is 1. The van der Waals surface area contributed by atoms with Gasteiger partial charge in [-0.1, -0.05) is 0 Å². The second-order valence-electron chi connectivity index (χ2n) is 4.33. The summed E-state index contributed by atoms with van der Waals surface area (Å²) in [6.07, 6.45) is 0. The van der Waals surface area contributed by atoms with Crippen molar-refractivity contribution >= 4 is 10.9 Å². The second-order valence-corrected chi connectivity index (χ2v) is 4.33. The Morgan fingerprint density at radius 3 is 2.72 bits per heavy atom. The van der Waals surface area contributed by atoms with Gasteiger partial charge in [0.2, 0.25) is 0 Å². The lowest BCUT2D eigenvalue weighted by molar-refractivity contribution is 0.327. The summed E-state index contributed by atoms with van der Waals surface area (Å²) in [7, 11) is 1.54. The van der Waals surface area contributed by atoms with Crippen LogP contribution in [0.2, 0.25) is 0 Å². The molecule has 0 saturated carbocycles. The summed E-state index contributed by atoms with van der Waals surface area (Å²) in [6, 6.07) is 5.00. The van der Waals surface area contributed by atoms with Crippen LogP contribution in [0, 0.1) is 0 Å². The third kappa shape index (κ3) is 1.53. The van der Waals surface area contributed by atoms with Crippen molar-refractivity contribution in [2.24, 2.45) is 0 Å². The summed E-state index contributed by atoms with van der Waals surface area (Å²) >= 11 is 0. The Labute approximate surface area is 102 Å². The summed E-state index contributed by atoms with van der Waals surface area (Å²) in [5, 5.41) is 3.55. The van der Waals surface area contributed by atoms with Gasteiger partial charge in [-0.15, -0.1) is 0 Å². The molecular formula is C12H13N3O3. The smallest absolute Gasteiger partial charge is 0.329 e. The molecule has 0 aliphatic carbocycles. The molecule has 2 heterocycles. The summed E-state index contributed by atoms with van der Waals surface area (Å²) in [4.78, 5) is 26.9. The number of nitrogens with one attached hydrogen (secondary N) is 2. The minimum Gasteiger partial charge on any atom is -0.497 e.